The van der Waals surface area contributed by atoms with E-state index in [9.17, 15) is 4.39 Å². The standard InChI is InChI=1S/C19H20FNOS/c1-11(2)19-21-18-14(8-15(20)9-17(18)23-19)10-22-16-7-5-6-12(3)13(16)4/h5-9,11H,10H2,1-4H3. The van der Waals surface area contributed by atoms with Crippen molar-refractivity contribution < 1.29 is 9.13 Å². The van der Waals surface area contributed by atoms with Gasteiger partial charge in [0, 0.05) is 11.5 Å². The fourth-order valence-electron chi connectivity index (χ4n) is 2.47. The molecule has 0 bridgehead atoms. The monoisotopic (exact) mass is 329 g/mol. The van der Waals surface area contributed by atoms with Gasteiger partial charge in [0.05, 0.1) is 15.2 Å². The maximum Gasteiger partial charge on any atom is 0.125 e. The van der Waals surface area contributed by atoms with Crippen molar-refractivity contribution in [2.24, 2.45) is 0 Å². The van der Waals surface area contributed by atoms with E-state index < -0.39 is 0 Å². The minimum Gasteiger partial charge on any atom is -0.489 e. The first kappa shape index (κ1) is 15.9. The average molecular weight is 329 g/mol. The van der Waals surface area contributed by atoms with E-state index in [0.29, 0.717) is 12.5 Å². The Balaban J connectivity index is 1.94. The maximum atomic E-state index is 13.9. The van der Waals surface area contributed by atoms with Crippen molar-refractivity contribution in [3.63, 3.8) is 0 Å². The third kappa shape index (κ3) is 3.22. The van der Waals surface area contributed by atoms with Gasteiger partial charge in [-0.15, -0.1) is 11.3 Å². The molecular weight excluding hydrogens is 309 g/mol. The van der Waals surface area contributed by atoms with Crippen LogP contribution < -0.4 is 4.74 Å². The first-order valence-corrected chi connectivity index (χ1v) is 8.55. The van der Waals surface area contributed by atoms with Crippen molar-refractivity contribution in [1.82, 2.24) is 4.98 Å². The number of fused-ring (bicyclic) bond motifs is 1. The smallest absolute Gasteiger partial charge is 0.125 e. The number of ether oxygens (including phenoxy) is 1. The maximum absolute atomic E-state index is 13.9. The van der Waals surface area contributed by atoms with Gasteiger partial charge in [0.2, 0.25) is 0 Å². The van der Waals surface area contributed by atoms with Crippen molar-refractivity contribution in [2.75, 3.05) is 0 Å². The van der Waals surface area contributed by atoms with Crippen LogP contribution in [0.1, 0.15) is 41.5 Å². The molecule has 0 fully saturated rings. The molecule has 0 spiro atoms. The van der Waals surface area contributed by atoms with Gasteiger partial charge >= 0.3 is 0 Å². The van der Waals surface area contributed by atoms with Gasteiger partial charge in [-0.25, -0.2) is 9.37 Å². The lowest BCUT2D eigenvalue weighted by Crippen LogP contribution is -1.99. The molecule has 0 amide bonds. The molecular formula is C19H20FNOS. The van der Waals surface area contributed by atoms with E-state index in [2.05, 4.69) is 31.8 Å². The third-order valence-corrected chi connectivity index (χ3v) is 5.29. The van der Waals surface area contributed by atoms with Gasteiger partial charge < -0.3 is 4.74 Å². The van der Waals surface area contributed by atoms with Crippen LogP contribution in [0.5, 0.6) is 5.75 Å². The van der Waals surface area contributed by atoms with Crippen LogP contribution in [0.25, 0.3) is 10.2 Å². The summed E-state index contributed by atoms with van der Waals surface area (Å²) >= 11 is 1.55. The van der Waals surface area contributed by atoms with Crippen LogP contribution in [0.15, 0.2) is 30.3 Å². The van der Waals surface area contributed by atoms with Gasteiger partial charge in [-0.05, 0) is 43.2 Å². The van der Waals surface area contributed by atoms with Crippen LogP contribution in [-0.4, -0.2) is 4.98 Å². The van der Waals surface area contributed by atoms with E-state index >= 15 is 0 Å². The normalized spacial score (nSPS) is 11.4. The molecule has 0 aliphatic rings. The summed E-state index contributed by atoms with van der Waals surface area (Å²) in [5.41, 5.74) is 3.94. The summed E-state index contributed by atoms with van der Waals surface area (Å²) in [6.07, 6.45) is 0. The predicted octanol–water partition coefficient (Wildman–Crippen LogP) is 5.75. The summed E-state index contributed by atoms with van der Waals surface area (Å²) in [5, 5.41) is 1.03. The fourth-order valence-corrected chi connectivity index (χ4v) is 3.51. The average Bonchev–Trinajstić information content (AvgIpc) is 2.92. The van der Waals surface area contributed by atoms with E-state index in [-0.39, 0.29) is 5.82 Å². The highest BCUT2D eigenvalue weighted by Crippen LogP contribution is 2.31. The zero-order valence-electron chi connectivity index (χ0n) is 13.8. The highest BCUT2D eigenvalue weighted by Gasteiger charge is 2.13. The third-order valence-electron chi connectivity index (χ3n) is 3.99. The molecule has 1 heterocycles. The van der Waals surface area contributed by atoms with E-state index in [4.69, 9.17) is 4.74 Å². The highest BCUT2D eigenvalue weighted by molar-refractivity contribution is 7.18. The molecule has 23 heavy (non-hydrogen) atoms. The SMILES string of the molecule is Cc1cccc(OCc2cc(F)cc3sc(C(C)C)nc23)c1C. The molecule has 1 aromatic heterocycles. The van der Waals surface area contributed by atoms with Crippen molar-refractivity contribution in [1.29, 1.82) is 0 Å². The Bertz CT molecular complexity index is 854. The molecule has 0 radical (unpaired) electrons. The van der Waals surface area contributed by atoms with Gasteiger partial charge in [-0.2, -0.15) is 0 Å². The van der Waals surface area contributed by atoms with E-state index in [1.807, 2.05) is 19.1 Å². The van der Waals surface area contributed by atoms with Gasteiger partial charge in [0.1, 0.15) is 18.2 Å². The highest BCUT2D eigenvalue weighted by atomic mass is 32.1. The molecule has 0 aliphatic heterocycles. The summed E-state index contributed by atoms with van der Waals surface area (Å²) in [6.45, 7) is 8.60. The topological polar surface area (TPSA) is 22.1 Å². The van der Waals surface area contributed by atoms with Crippen LogP contribution >= 0.6 is 11.3 Å². The van der Waals surface area contributed by atoms with Gasteiger partial charge in [0.25, 0.3) is 0 Å². The minimum absolute atomic E-state index is 0.240. The molecule has 0 saturated carbocycles. The number of aromatic nitrogens is 1. The van der Waals surface area contributed by atoms with Gasteiger partial charge in [-0.1, -0.05) is 26.0 Å². The zero-order chi connectivity index (χ0) is 16.6. The molecule has 2 nitrogen and oxygen atoms in total. The molecule has 120 valence electrons. The van der Waals surface area contributed by atoms with Crippen LogP contribution in [0, 0.1) is 19.7 Å². The van der Waals surface area contributed by atoms with Crippen molar-refractivity contribution in [2.45, 2.75) is 40.2 Å². The lowest BCUT2D eigenvalue weighted by Gasteiger charge is -2.11. The molecule has 0 unspecified atom stereocenters. The molecule has 0 saturated heterocycles. The number of benzene rings is 2. The number of nitrogens with zero attached hydrogens (tertiary/aromatic N) is 1. The zero-order valence-corrected chi connectivity index (χ0v) is 14.6. The summed E-state index contributed by atoms with van der Waals surface area (Å²) in [5.74, 6) is 0.931. The van der Waals surface area contributed by atoms with Crippen LogP contribution in [0.2, 0.25) is 0 Å². The minimum atomic E-state index is -0.240. The molecule has 0 N–H and O–H groups in total. The second-order valence-corrected chi connectivity index (χ2v) is 7.17. The number of hydrogen-bond acceptors (Lipinski definition) is 3. The summed E-state index contributed by atoms with van der Waals surface area (Å²) < 4.78 is 20.7. The molecule has 3 rings (SSSR count). The second kappa shape index (κ2) is 6.28. The number of aryl methyl sites for hydroxylation is 1. The number of halogens is 1. The molecule has 2 aromatic carbocycles. The lowest BCUT2D eigenvalue weighted by molar-refractivity contribution is 0.304. The van der Waals surface area contributed by atoms with E-state index in [0.717, 1.165) is 32.1 Å². The number of thiazole rings is 1. The van der Waals surface area contributed by atoms with Crippen molar-refractivity contribution in [3.8, 4) is 5.75 Å². The van der Waals surface area contributed by atoms with Crippen LogP contribution in [-0.2, 0) is 6.61 Å². The fraction of sp³-hybridized carbons (Fsp3) is 0.316. The second-order valence-electron chi connectivity index (χ2n) is 6.11. The Morgan fingerprint density at radius 3 is 2.74 bits per heavy atom. The van der Waals surface area contributed by atoms with Gasteiger partial charge in [-0.3, -0.25) is 0 Å². The number of rotatable bonds is 4. The number of hydrogen-bond donors (Lipinski definition) is 0. The quantitative estimate of drug-likeness (QED) is 0.607. The first-order valence-electron chi connectivity index (χ1n) is 7.73. The summed E-state index contributed by atoms with van der Waals surface area (Å²) in [7, 11) is 0. The largest absolute Gasteiger partial charge is 0.489 e. The first-order chi connectivity index (χ1) is 11.0. The van der Waals surface area contributed by atoms with Gasteiger partial charge in [0.15, 0.2) is 0 Å². The molecule has 4 heteroatoms. The van der Waals surface area contributed by atoms with E-state index in [1.165, 1.54) is 11.6 Å². The molecule has 0 atom stereocenters. The summed E-state index contributed by atoms with van der Waals surface area (Å²) in [6, 6.07) is 9.05. The molecule has 3 aromatic rings. The summed E-state index contributed by atoms with van der Waals surface area (Å²) in [4.78, 5) is 4.68. The lowest BCUT2D eigenvalue weighted by atomic mass is 10.1. The van der Waals surface area contributed by atoms with Crippen molar-refractivity contribution >= 4 is 21.6 Å². The Labute approximate surface area is 139 Å². The van der Waals surface area contributed by atoms with E-state index in [1.54, 1.807) is 17.4 Å². The Morgan fingerprint density at radius 2 is 2.00 bits per heavy atom. The van der Waals surface area contributed by atoms with Crippen molar-refractivity contribution in [3.05, 3.63) is 57.8 Å². The Hall–Kier alpha value is -1.94. The Morgan fingerprint density at radius 1 is 1.22 bits per heavy atom. The predicted molar refractivity (Wildman–Crippen MR) is 93.9 cm³/mol. The van der Waals surface area contributed by atoms with Crippen LogP contribution in [0.4, 0.5) is 4.39 Å². The molecule has 0 aliphatic carbocycles. The Kier molecular flexibility index (Phi) is 4.35. The van der Waals surface area contributed by atoms with Crippen LogP contribution in [0.3, 0.4) is 0 Å².